The molecule has 2 unspecified atom stereocenters. The lowest BCUT2D eigenvalue weighted by Crippen LogP contribution is -2.30. The van der Waals surface area contributed by atoms with E-state index in [4.69, 9.17) is 26.5 Å². The van der Waals surface area contributed by atoms with Gasteiger partial charge in [-0.3, -0.25) is 18.0 Å². The number of hydrogen-bond donors (Lipinski definition) is 2. The first kappa shape index (κ1) is 30.1. The molecule has 0 bridgehead atoms. The SMILES string of the molecule is [N-]=[N+]=NCO[C@H]1C[C@@H](n2c(C#CCN)nc3c(N)ncnc32)O[C@H]1COP(=O)([O-])OP(=O)([O-])OP(=O)([O-])[O-]. The van der Waals surface area contributed by atoms with E-state index < -0.39 is 55.2 Å². The van der Waals surface area contributed by atoms with Crippen molar-refractivity contribution in [3.05, 3.63) is 22.6 Å². The number of nitrogens with two attached hydrogens (primary N) is 2. The maximum Gasteiger partial charge on any atom is 0.278 e. The van der Waals surface area contributed by atoms with Crippen LogP contribution in [0.3, 0.4) is 0 Å². The molecule has 0 aliphatic carbocycles. The smallest absolute Gasteiger partial charge is 0.278 e. The Kier molecular flexibility index (Phi) is 9.60. The maximum absolute atomic E-state index is 11.9. The number of phosphoric acid groups is 3. The first-order chi connectivity index (χ1) is 17.8. The summed E-state index contributed by atoms with van der Waals surface area (Å²) in [4.78, 5) is 59.1. The molecule has 21 nitrogen and oxygen atoms in total. The zero-order valence-corrected chi connectivity index (χ0v) is 21.3. The number of nitrogen functional groups attached to an aromatic ring is 1. The highest BCUT2D eigenvalue weighted by molar-refractivity contribution is 7.64. The second-order valence-corrected chi connectivity index (χ2v) is 11.2. The largest absolute Gasteiger partial charge is 0.790 e. The molecule has 3 rings (SSSR count). The number of hydrogen-bond acceptors (Lipinski definition) is 18. The van der Waals surface area contributed by atoms with E-state index >= 15 is 0 Å². The van der Waals surface area contributed by atoms with E-state index in [2.05, 4.69) is 50.0 Å². The third-order valence-corrected chi connectivity index (χ3v) is 8.15. The van der Waals surface area contributed by atoms with Crippen LogP contribution in [-0.2, 0) is 36.3 Å². The third-order valence-electron chi connectivity index (χ3n) is 4.48. The number of ether oxygens (including phenoxy) is 2. The molecule has 3 heterocycles. The maximum atomic E-state index is 11.9. The molecule has 2 aromatic rings. The van der Waals surface area contributed by atoms with Gasteiger partial charge in [0.1, 0.15) is 25.4 Å². The fourth-order valence-corrected chi connectivity index (χ4v) is 6.07. The molecule has 0 radical (unpaired) electrons. The van der Waals surface area contributed by atoms with Crippen molar-refractivity contribution in [1.82, 2.24) is 19.5 Å². The minimum Gasteiger partial charge on any atom is -0.790 e. The van der Waals surface area contributed by atoms with Gasteiger partial charge < -0.3 is 49.6 Å². The Bertz CT molecular complexity index is 1430. The average molecular weight is 595 g/mol. The Hall–Kier alpha value is -2.49. The van der Waals surface area contributed by atoms with Crippen molar-refractivity contribution >= 4 is 40.4 Å². The molecule has 24 heteroatoms. The van der Waals surface area contributed by atoms with Crippen LogP contribution >= 0.6 is 23.5 Å². The zero-order chi connectivity index (χ0) is 28.1. The molecular weight excluding hydrogens is 579 g/mol. The van der Waals surface area contributed by atoms with Crippen LogP contribution in [0.2, 0.25) is 0 Å². The number of azide groups is 1. The average Bonchev–Trinajstić information content (AvgIpc) is 3.35. The molecule has 4 N–H and O–H groups in total. The van der Waals surface area contributed by atoms with Crippen molar-refractivity contribution in [1.29, 1.82) is 0 Å². The first-order valence-corrected chi connectivity index (χ1v) is 14.3. The number of phosphoric ester groups is 1. The van der Waals surface area contributed by atoms with E-state index in [0.29, 0.717) is 0 Å². The number of nitrogens with zero attached hydrogens (tertiary/aromatic N) is 7. The van der Waals surface area contributed by atoms with E-state index in [1.54, 1.807) is 0 Å². The van der Waals surface area contributed by atoms with Gasteiger partial charge in [-0.15, -0.1) is 0 Å². The summed E-state index contributed by atoms with van der Waals surface area (Å²) in [6, 6.07) is 0. The number of imidazole rings is 1. The van der Waals surface area contributed by atoms with Crippen molar-refractivity contribution < 1.29 is 55.9 Å². The number of fused-ring (bicyclic) bond motifs is 1. The highest BCUT2D eigenvalue weighted by Crippen LogP contribution is 2.60. The van der Waals surface area contributed by atoms with E-state index in [-0.39, 0.29) is 35.8 Å². The van der Waals surface area contributed by atoms with Crippen LogP contribution < -0.4 is 31.0 Å². The van der Waals surface area contributed by atoms with Crippen molar-refractivity contribution in [2.45, 2.75) is 24.9 Å². The Morgan fingerprint density at radius 1 is 1.24 bits per heavy atom. The van der Waals surface area contributed by atoms with Gasteiger partial charge in [-0.25, -0.2) is 19.3 Å². The fraction of sp³-hybridized carbons (Fsp3) is 0.500. The predicted molar refractivity (Wildman–Crippen MR) is 114 cm³/mol. The quantitative estimate of drug-likeness (QED) is 0.0889. The zero-order valence-electron chi connectivity index (χ0n) is 18.7. The van der Waals surface area contributed by atoms with Gasteiger partial charge in [-0.2, -0.15) is 0 Å². The number of aromatic nitrogens is 4. The van der Waals surface area contributed by atoms with Crippen LogP contribution in [0.25, 0.3) is 21.6 Å². The van der Waals surface area contributed by atoms with Crippen LogP contribution in [0, 0.1) is 11.8 Å². The van der Waals surface area contributed by atoms with Crippen LogP contribution in [0.15, 0.2) is 11.4 Å². The lowest BCUT2D eigenvalue weighted by molar-refractivity contribution is -0.339. The molecule has 0 aromatic carbocycles. The summed E-state index contributed by atoms with van der Waals surface area (Å²) in [5.74, 6) is 5.44. The summed E-state index contributed by atoms with van der Waals surface area (Å²) < 4.78 is 57.6. The van der Waals surface area contributed by atoms with Gasteiger partial charge in [0.25, 0.3) is 15.6 Å². The Morgan fingerprint density at radius 2 is 1.97 bits per heavy atom. The molecule has 1 aliphatic rings. The van der Waals surface area contributed by atoms with Gasteiger partial charge in [0.15, 0.2) is 22.8 Å². The summed E-state index contributed by atoms with van der Waals surface area (Å²) in [6.45, 7) is -1.48. The Labute approximate surface area is 212 Å². The van der Waals surface area contributed by atoms with Gasteiger partial charge in [0.05, 0.1) is 27.1 Å². The van der Waals surface area contributed by atoms with Crippen molar-refractivity contribution in [2.24, 2.45) is 10.8 Å². The molecule has 0 spiro atoms. The molecule has 0 saturated carbocycles. The molecular formula is C14H16N9O12P3-4. The van der Waals surface area contributed by atoms with E-state index in [1.807, 2.05) is 0 Å². The predicted octanol–water partition coefficient (Wildman–Crippen LogP) is -2.53. The van der Waals surface area contributed by atoms with Crippen molar-refractivity contribution in [3.8, 4) is 11.8 Å². The molecule has 1 fully saturated rings. The van der Waals surface area contributed by atoms with Crippen molar-refractivity contribution in [2.75, 3.05) is 25.6 Å². The minimum absolute atomic E-state index is 0.0213. The molecule has 38 heavy (non-hydrogen) atoms. The standard InChI is InChI=1S/C14H20N9O12P3/c15-3-1-2-10-21-12-13(16)18-6-19-14(12)23(10)11-4-8(31-7-20-22-17)9(33-11)5-32-37(27,28)35-38(29,30)34-36(24,25)26/h6,8-9,11H,3-5,7,15H2,(H,27,28)(H,29,30)(H2,16,18,19)(H2,24,25,26)/p-4/t8-,9-,11-/m0/s1. The fourth-order valence-electron chi connectivity index (χ4n) is 3.20. The van der Waals surface area contributed by atoms with E-state index in [0.717, 1.165) is 6.33 Å². The molecule has 208 valence electrons. The van der Waals surface area contributed by atoms with Gasteiger partial charge in [-0.05, 0) is 11.5 Å². The first-order valence-electron chi connectivity index (χ1n) is 9.92. The molecule has 5 atom stereocenters. The molecule has 0 amide bonds. The van der Waals surface area contributed by atoms with E-state index in [9.17, 15) is 33.3 Å². The van der Waals surface area contributed by atoms with Crippen LogP contribution in [0.4, 0.5) is 5.82 Å². The summed E-state index contributed by atoms with van der Waals surface area (Å²) in [5.41, 5.74) is 20.1. The van der Waals surface area contributed by atoms with Gasteiger partial charge >= 0.3 is 0 Å². The molecule has 1 saturated heterocycles. The lowest BCUT2D eigenvalue weighted by Gasteiger charge is -2.37. The summed E-state index contributed by atoms with van der Waals surface area (Å²) in [5, 5.41) is 3.22. The Balaban J connectivity index is 1.86. The number of anilines is 1. The van der Waals surface area contributed by atoms with Gasteiger partial charge in [-0.1, -0.05) is 11.0 Å². The second-order valence-electron chi connectivity index (χ2n) is 6.97. The van der Waals surface area contributed by atoms with Gasteiger partial charge in [0, 0.05) is 11.3 Å². The highest BCUT2D eigenvalue weighted by Gasteiger charge is 2.40. The van der Waals surface area contributed by atoms with Crippen LogP contribution in [0.5, 0.6) is 0 Å². The van der Waals surface area contributed by atoms with Crippen LogP contribution in [-0.4, -0.2) is 51.6 Å². The molecule has 1 aliphatic heterocycles. The van der Waals surface area contributed by atoms with Crippen LogP contribution in [0.1, 0.15) is 18.5 Å². The highest BCUT2D eigenvalue weighted by atomic mass is 31.3. The lowest BCUT2D eigenvalue weighted by atomic mass is 10.2. The number of rotatable bonds is 11. The third kappa shape index (κ3) is 8.01. The Morgan fingerprint density at radius 3 is 2.63 bits per heavy atom. The normalized spacial score (nSPS) is 22.7. The minimum atomic E-state index is -6.16. The second kappa shape index (κ2) is 12.1. The van der Waals surface area contributed by atoms with E-state index in [1.165, 1.54) is 4.57 Å². The monoisotopic (exact) mass is 595 g/mol. The summed E-state index contributed by atoms with van der Waals surface area (Å²) in [6.07, 6.45) is -2.23. The van der Waals surface area contributed by atoms with Crippen molar-refractivity contribution in [3.63, 3.8) is 0 Å². The molecule has 2 aromatic heterocycles. The summed E-state index contributed by atoms with van der Waals surface area (Å²) in [7, 11) is -18.1. The van der Waals surface area contributed by atoms with Gasteiger partial charge in [0.2, 0.25) is 0 Å². The summed E-state index contributed by atoms with van der Waals surface area (Å²) >= 11 is 0. The topological polar surface area (TPSA) is 334 Å².